The molecule has 1 aromatic rings. The molecule has 0 aliphatic rings. The van der Waals surface area contributed by atoms with Crippen LogP contribution in [0.25, 0.3) is 0 Å². The lowest BCUT2D eigenvalue weighted by atomic mass is 10.3. The quantitative estimate of drug-likeness (QED) is 0.678. The van der Waals surface area contributed by atoms with Crippen molar-refractivity contribution in [2.75, 3.05) is 5.32 Å². The van der Waals surface area contributed by atoms with Gasteiger partial charge in [0, 0.05) is 0 Å². The molecule has 0 aliphatic heterocycles. The molecule has 0 saturated heterocycles. The molecule has 1 unspecified atom stereocenters. The number of nitrogens with one attached hydrogen (secondary N) is 1. The lowest BCUT2D eigenvalue weighted by molar-refractivity contribution is -0.118. The summed E-state index contributed by atoms with van der Waals surface area (Å²) < 4.78 is 4.98. The molecule has 7 heteroatoms. The van der Waals surface area contributed by atoms with Gasteiger partial charge >= 0.3 is 6.01 Å². The zero-order chi connectivity index (χ0) is 9.84. The normalized spacial score (nSPS) is 12.5. The molecule has 1 heterocycles. The largest absolute Gasteiger partial charge is 0.407 e. The first-order valence-electron chi connectivity index (χ1n) is 3.57. The smallest absolute Gasteiger partial charge is 0.316 e. The molecule has 3 N–H and O–H groups in total. The predicted molar refractivity (Wildman–Crippen MR) is 46.1 cm³/mol. The predicted octanol–water partition coefficient (Wildman–Crippen LogP) is 0.0941. The molecule has 1 atom stereocenters. The van der Waals surface area contributed by atoms with E-state index in [0.29, 0.717) is 5.89 Å². The Kier molecular flexibility index (Phi) is 3.07. The zero-order valence-corrected chi connectivity index (χ0v) is 7.71. The van der Waals surface area contributed by atoms with Crippen LogP contribution >= 0.6 is 11.6 Å². The number of nitrogens with two attached hydrogens (primary N) is 1. The van der Waals surface area contributed by atoms with Crippen LogP contribution < -0.4 is 11.1 Å². The summed E-state index contributed by atoms with van der Waals surface area (Å²) in [5.41, 5.74) is 5.01. The second kappa shape index (κ2) is 4.08. The molecular formula is C6H9ClN4O2. The van der Waals surface area contributed by atoms with Crippen LogP contribution in [0.2, 0.25) is 0 Å². The van der Waals surface area contributed by atoms with E-state index < -0.39 is 11.9 Å². The van der Waals surface area contributed by atoms with E-state index in [1.54, 1.807) is 6.92 Å². The van der Waals surface area contributed by atoms with Crippen molar-refractivity contribution >= 4 is 23.5 Å². The van der Waals surface area contributed by atoms with Crippen molar-refractivity contribution in [3.8, 4) is 0 Å². The fraction of sp³-hybridized carbons (Fsp3) is 0.500. The van der Waals surface area contributed by atoms with Crippen LogP contribution in [0.15, 0.2) is 4.42 Å². The number of carbonyl (C=O) groups is 1. The molecule has 0 bridgehead atoms. The van der Waals surface area contributed by atoms with E-state index in [2.05, 4.69) is 15.5 Å². The first kappa shape index (κ1) is 9.79. The Labute approximate surface area is 79.4 Å². The number of hydrogen-bond donors (Lipinski definition) is 2. The van der Waals surface area contributed by atoms with Crippen molar-refractivity contribution in [2.45, 2.75) is 18.8 Å². The van der Waals surface area contributed by atoms with Crippen molar-refractivity contribution in [2.24, 2.45) is 5.73 Å². The molecule has 0 aliphatic carbocycles. The van der Waals surface area contributed by atoms with E-state index in [9.17, 15) is 4.79 Å². The van der Waals surface area contributed by atoms with Crippen LogP contribution in [-0.2, 0) is 10.7 Å². The number of nitrogens with zero attached hydrogens (tertiary/aromatic N) is 2. The minimum absolute atomic E-state index is 0.139. The summed E-state index contributed by atoms with van der Waals surface area (Å²) in [5.74, 6) is -0.0638. The Balaban J connectivity index is 2.58. The van der Waals surface area contributed by atoms with Gasteiger partial charge in [-0.15, -0.1) is 16.7 Å². The third kappa shape index (κ3) is 2.59. The molecule has 1 aromatic heterocycles. The summed E-state index contributed by atoms with van der Waals surface area (Å²) in [4.78, 5) is 10.6. The van der Waals surface area contributed by atoms with Crippen LogP contribution in [0.3, 0.4) is 0 Å². The summed E-state index contributed by atoms with van der Waals surface area (Å²) in [7, 11) is 0. The number of halogens is 1. The minimum Gasteiger partial charge on any atom is -0.407 e. The van der Waals surface area contributed by atoms with Gasteiger partial charge in [0.05, 0.1) is 0 Å². The van der Waals surface area contributed by atoms with Crippen LogP contribution in [0.1, 0.15) is 12.8 Å². The fourth-order valence-electron chi connectivity index (χ4n) is 0.622. The topological polar surface area (TPSA) is 94.0 Å². The lowest BCUT2D eigenvalue weighted by Gasteiger charge is -2.05. The molecule has 0 radical (unpaired) electrons. The highest BCUT2D eigenvalue weighted by atomic mass is 35.5. The molecule has 0 fully saturated rings. The van der Waals surface area contributed by atoms with E-state index >= 15 is 0 Å². The van der Waals surface area contributed by atoms with Gasteiger partial charge in [-0.25, -0.2) is 0 Å². The number of primary amides is 1. The first-order valence-corrected chi connectivity index (χ1v) is 4.11. The van der Waals surface area contributed by atoms with Gasteiger partial charge in [-0.2, -0.15) is 0 Å². The highest BCUT2D eigenvalue weighted by molar-refractivity contribution is 6.16. The summed E-state index contributed by atoms with van der Waals surface area (Å²) >= 11 is 5.42. The van der Waals surface area contributed by atoms with E-state index in [1.165, 1.54) is 0 Å². The number of anilines is 1. The molecule has 0 saturated carbocycles. The van der Waals surface area contributed by atoms with Gasteiger partial charge in [-0.1, -0.05) is 5.10 Å². The third-order valence-electron chi connectivity index (χ3n) is 1.35. The molecule has 1 rings (SSSR count). The monoisotopic (exact) mass is 204 g/mol. The standard InChI is InChI=1S/C6H9ClN4O2/c1-3(5(8)12)9-6-11-10-4(2-7)13-6/h3H,2H2,1H3,(H2,8,12)(H,9,11). The summed E-state index contributed by atoms with van der Waals surface area (Å²) in [5, 5.41) is 9.80. The Bertz CT molecular complexity index is 301. The number of rotatable bonds is 4. The van der Waals surface area contributed by atoms with Gasteiger partial charge in [0.15, 0.2) is 0 Å². The van der Waals surface area contributed by atoms with Crippen molar-refractivity contribution < 1.29 is 9.21 Å². The van der Waals surface area contributed by atoms with Crippen molar-refractivity contribution in [1.29, 1.82) is 0 Å². The van der Waals surface area contributed by atoms with Crippen molar-refractivity contribution in [3.63, 3.8) is 0 Å². The van der Waals surface area contributed by atoms with E-state index in [-0.39, 0.29) is 11.9 Å². The number of aromatic nitrogens is 2. The third-order valence-corrected chi connectivity index (χ3v) is 1.58. The van der Waals surface area contributed by atoms with Crippen LogP contribution in [-0.4, -0.2) is 22.1 Å². The lowest BCUT2D eigenvalue weighted by Crippen LogP contribution is -2.32. The average molecular weight is 205 g/mol. The van der Waals surface area contributed by atoms with Gasteiger partial charge < -0.3 is 15.5 Å². The van der Waals surface area contributed by atoms with Gasteiger partial charge in [-0.05, 0) is 6.92 Å². The summed E-state index contributed by atoms with van der Waals surface area (Å²) in [6, 6.07) is -0.412. The van der Waals surface area contributed by atoms with Gasteiger partial charge in [0.1, 0.15) is 11.9 Å². The SMILES string of the molecule is CC(Nc1nnc(CCl)o1)C(N)=O. The summed E-state index contributed by atoms with van der Waals surface area (Å²) in [6.07, 6.45) is 0. The maximum Gasteiger partial charge on any atom is 0.316 e. The van der Waals surface area contributed by atoms with Gasteiger partial charge in [-0.3, -0.25) is 4.79 Å². The van der Waals surface area contributed by atoms with E-state index in [1.807, 2.05) is 0 Å². The molecular weight excluding hydrogens is 196 g/mol. The minimum atomic E-state index is -0.552. The maximum atomic E-state index is 10.6. The Morgan fingerprint density at radius 3 is 2.92 bits per heavy atom. The van der Waals surface area contributed by atoms with Gasteiger partial charge in [0.2, 0.25) is 11.8 Å². The number of amides is 1. The number of alkyl halides is 1. The summed E-state index contributed by atoms with van der Waals surface area (Å²) in [6.45, 7) is 1.59. The fourth-order valence-corrected chi connectivity index (χ4v) is 0.730. The molecule has 6 nitrogen and oxygen atoms in total. The molecule has 0 aromatic carbocycles. The average Bonchev–Trinajstić information content (AvgIpc) is 2.52. The van der Waals surface area contributed by atoms with E-state index in [4.69, 9.17) is 21.8 Å². The van der Waals surface area contributed by atoms with Crippen molar-refractivity contribution in [3.05, 3.63) is 5.89 Å². The second-order valence-electron chi connectivity index (χ2n) is 2.40. The molecule has 1 amide bonds. The van der Waals surface area contributed by atoms with Crippen LogP contribution in [0.4, 0.5) is 6.01 Å². The Hall–Kier alpha value is -1.30. The highest BCUT2D eigenvalue weighted by Gasteiger charge is 2.12. The second-order valence-corrected chi connectivity index (χ2v) is 2.67. The van der Waals surface area contributed by atoms with E-state index in [0.717, 1.165) is 0 Å². The highest BCUT2D eigenvalue weighted by Crippen LogP contribution is 2.08. The maximum absolute atomic E-state index is 10.6. The number of carbonyl (C=O) groups excluding carboxylic acids is 1. The van der Waals surface area contributed by atoms with Crippen LogP contribution in [0.5, 0.6) is 0 Å². The van der Waals surface area contributed by atoms with Gasteiger partial charge in [0.25, 0.3) is 0 Å². The Morgan fingerprint density at radius 1 is 1.77 bits per heavy atom. The zero-order valence-electron chi connectivity index (χ0n) is 6.95. The number of hydrogen-bond acceptors (Lipinski definition) is 5. The molecule has 0 spiro atoms. The molecule has 13 heavy (non-hydrogen) atoms. The van der Waals surface area contributed by atoms with Crippen LogP contribution in [0, 0.1) is 0 Å². The molecule has 72 valence electrons. The van der Waals surface area contributed by atoms with Crippen molar-refractivity contribution in [1.82, 2.24) is 10.2 Å². The first-order chi connectivity index (χ1) is 6.13. The Morgan fingerprint density at radius 2 is 2.46 bits per heavy atom.